The number of alkyl carbamates (subject to hydrolysis) is 1. The molecule has 2 N–H and O–H groups in total. The van der Waals surface area contributed by atoms with Gasteiger partial charge in [-0.15, -0.1) is 0 Å². The number of carboxylic acid groups (broad SMARTS) is 1. The molecule has 0 saturated carbocycles. The summed E-state index contributed by atoms with van der Waals surface area (Å²) in [5.74, 6) is -1.53. The second-order valence-electron chi connectivity index (χ2n) is 8.62. The van der Waals surface area contributed by atoms with E-state index in [0.717, 1.165) is 27.2 Å². The third-order valence-electron chi connectivity index (χ3n) is 5.93. The van der Waals surface area contributed by atoms with Gasteiger partial charge < -0.3 is 20.1 Å². The first-order valence-electron chi connectivity index (χ1n) is 10.8. The van der Waals surface area contributed by atoms with Crippen molar-refractivity contribution in [2.45, 2.75) is 45.2 Å². The molecule has 1 unspecified atom stereocenters. The van der Waals surface area contributed by atoms with E-state index in [1.807, 2.05) is 50.2 Å². The van der Waals surface area contributed by atoms with E-state index in [1.54, 1.807) is 0 Å². The molecule has 7 heteroatoms. The highest BCUT2D eigenvalue weighted by Crippen LogP contribution is 2.44. The first kappa shape index (κ1) is 23.3. The van der Waals surface area contributed by atoms with Gasteiger partial charge >= 0.3 is 12.1 Å². The predicted octanol–water partition coefficient (Wildman–Crippen LogP) is 3.87. The Kier molecular flexibility index (Phi) is 7.18. The number of aliphatic carboxylic acids is 1. The minimum atomic E-state index is -1.11. The Morgan fingerprint density at radius 3 is 2.03 bits per heavy atom. The highest BCUT2D eigenvalue weighted by atomic mass is 16.5. The van der Waals surface area contributed by atoms with Crippen LogP contribution in [0.25, 0.3) is 11.1 Å². The molecular weight excluding hydrogens is 408 g/mol. The van der Waals surface area contributed by atoms with Gasteiger partial charge in [0.15, 0.2) is 0 Å². The predicted molar refractivity (Wildman–Crippen MR) is 121 cm³/mol. The number of carbonyl (C=O) groups is 3. The van der Waals surface area contributed by atoms with Gasteiger partial charge in [-0.3, -0.25) is 4.79 Å². The lowest BCUT2D eigenvalue weighted by molar-refractivity contribution is -0.149. The third-order valence-corrected chi connectivity index (χ3v) is 5.93. The average Bonchev–Trinajstić information content (AvgIpc) is 3.09. The number of nitrogens with one attached hydrogen (secondary N) is 1. The van der Waals surface area contributed by atoms with Crippen molar-refractivity contribution >= 4 is 18.0 Å². The van der Waals surface area contributed by atoms with Crippen LogP contribution in [0, 0.1) is 5.92 Å². The Morgan fingerprint density at radius 2 is 1.53 bits per heavy atom. The largest absolute Gasteiger partial charge is 0.480 e. The molecule has 1 aliphatic carbocycles. The molecule has 0 fully saturated rings. The quantitative estimate of drug-likeness (QED) is 0.652. The number of hydrogen-bond acceptors (Lipinski definition) is 4. The molecule has 0 aliphatic heterocycles. The van der Waals surface area contributed by atoms with Crippen molar-refractivity contribution in [1.82, 2.24) is 10.2 Å². The molecule has 7 nitrogen and oxygen atoms in total. The van der Waals surface area contributed by atoms with Crippen molar-refractivity contribution < 1.29 is 24.2 Å². The Balaban J connectivity index is 1.69. The van der Waals surface area contributed by atoms with Gasteiger partial charge in [0.1, 0.15) is 18.7 Å². The number of rotatable bonds is 8. The molecule has 2 aromatic carbocycles. The minimum Gasteiger partial charge on any atom is -0.480 e. The van der Waals surface area contributed by atoms with Crippen LogP contribution in [0.3, 0.4) is 0 Å². The van der Waals surface area contributed by atoms with Crippen LogP contribution in [-0.2, 0) is 14.3 Å². The third kappa shape index (κ3) is 4.93. The summed E-state index contributed by atoms with van der Waals surface area (Å²) in [6.07, 6.45) is -0.318. The van der Waals surface area contributed by atoms with Gasteiger partial charge in [0, 0.05) is 13.0 Å². The second kappa shape index (κ2) is 9.85. The van der Waals surface area contributed by atoms with Gasteiger partial charge in [-0.2, -0.15) is 0 Å². The zero-order chi connectivity index (χ0) is 23.4. The molecule has 0 radical (unpaired) electrons. The smallest absolute Gasteiger partial charge is 0.407 e. The van der Waals surface area contributed by atoms with Crippen LogP contribution in [0.15, 0.2) is 48.5 Å². The van der Waals surface area contributed by atoms with Crippen LogP contribution in [-0.4, -0.2) is 53.7 Å². The lowest BCUT2D eigenvalue weighted by atomic mass is 9.98. The first-order valence-corrected chi connectivity index (χ1v) is 10.8. The van der Waals surface area contributed by atoms with Crippen LogP contribution < -0.4 is 5.32 Å². The summed E-state index contributed by atoms with van der Waals surface area (Å²) < 4.78 is 5.55. The van der Waals surface area contributed by atoms with Crippen molar-refractivity contribution in [2.75, 3.05) is 13.7 Å². The highest BCUT2D eigenvalue weighted by Gasteiger charge is 2.32. The number of hydrogen-bond donors (Lipinski definition) is 2. The van der Waals surface area contributed by atoms with Crippen LogP contribution in [0.5, 0.6) is 0 Å². The maximum atomic E-state index is 12.8. The maximum absolute atomic E-state index is 12.8. The van der Waals surface area contributed by atoms with Gasteiger partial charge in [-0.05, 0) is 41.5 Å². The van der Waals surface area contributed by atoms with Crippen molar-refractivity contribution in [2.24, 2.45) is 5.92 Å². The Labute approximate surface area is 188 Å². The molecule has 2 aromatic rings. The summed E-state index contributed by atoms with van der Waals surface area (Å²) in [4.78, 5) is 37.9. The standard InChI is InChI=1S/C25H30N2O5/c1-15(2)13-22(23(28)27(4)16(3)24(29)30)26-25(31)32-14-21-19-11-7-5-9-17(19)18-10-6-8-12-20(18)21/h5-12,15-16,21-22H,13-14H2,1-4H3,(H,26,31)(H,29,30)/t16-,22?/m0/s1. The van der Waals surface area contributed by atoms with Crippen LogP contribution in [0.2, 0.25) is 0 Å². The summed E-state index contributed by atoms with van der Waals surface area (Å²) in [6, 6.07) is 14.2. The van der Waals surface area contributed by atoms with E-state index in [-0.39, 0.29) is 18.4 Å². The molecule has 2 amide bonds. The zero-order valence-corrected chi connectivity index (χ0v) is 18.9. The Morgan fingerprint density at radius 1 is 1.00 bits per heavy atom. The fourth-order valence-electron chi connectivity index (χ4n) is 4.08. The van der Waals surface area contributed by atoms with Gasteiger partial charge in [0.25, 0.3) is 0 Å². The maximum Gasteiger partial charge on any atom is 0.407 e. The second-order valence-corrected chi connectivity index (χ2v) is 8.62. The molecule has 0 spiro atoms. The van der Waals surface area contributed by atoms with Crippen molar-refractivity contribution in [3.05, 3.63) is 59.7 Å². The number of fused-ring (bicyclic) bond motifs is 3. The molecule has 0 bridgehead atoms. The summed E-state index contributed by atoms with van der Waals surface area (Å²) in [5, 5.41) is 11.9. The van der Waals surface area contributed by atoms with Gasteiger partial charge in [0.2, 0.25) is 5.91 Å². The SMILES string of the molecule is CC(C)CC(NC(=O)OCC1c2ccccc2-c2ccccc21)C(=O)N(C)[C@@H](C)C(=O)O. The van der Waals surface area contributed by atoms with Crippen molar-refractivity contribution in [3.8, 4) is 11.1 Å². The Hall–Kier alpha value is -3.35. The van der Waals surface area contributed by atoms with E-state index < -0.39 is 30.1 Å². The highest BCUT2D eigenvalue weighted by molar-refractivity contribution is 5.89. The lowest BCUT2D eigenvalue weighted by Gasteiger charge is -2.28. The number of nitrogens with zero attached hydrogens (tertiary/aromatic N) is 1. The minimum absolute atomic E-state index is 0.0814. The van der Waals surface area contributed by atoms with Gasteiger partial charge in [0.05, 0.1) is 0 Å². The zero-order valence-electron chi connectivity index (χ0n) is 18.9. The average molecular weight is 439 g/mol. The van der Waals surface area contributed by atoms with Crippen molar-refractivity contribution in [1.29, 1.82) is 0 Å². The van der Waals surface area contributed by atoms with E-state index in [0.29, 0.717) is 6.42 Å². The van der Waals surface area contributed by atoms with Crippen LogP contribution in [0.1, 0.15) is 44.2 Å². The van der Waals surface area contributed by atoms with Gasteiger partial charge in [-0.25, -0.2) is 9.59 Å². The summed E-state index contributed by atoms with van der Waals surface area (Å²) in [5.41, 5.74) is 4.47. The molecule has 2 atom stereocenters. The van der Waals surface area contributed by atoms with Crippen LogP contribution >= 0.6 is 0 Å². The Bertz CT molecular complexity index is 958. The molecule has 0 saturated heterocycles. The summed E-state index contributed by atoms with van der Waals surface area (Å²) in [6.45, 7) is 5.43. The number of ether oxygens (including phenoxy) is 1. The number of carboxylic acids is 1. The van der Waals surface area contributed by atoms with Gasteiger partial charge in [-0.1, -0.05) is 62.4 Å². The summed E-state index contributed by atoms with van der Waals surface area (Å²) >= 11 is 0. The molecular formula is C25H30N2O5. The summed E-state index contributed by atoms with van der Waals surface area (Å²) in [7, 11) is 1.42. The van der Waals surface area contributed by atoms with E-state index in [4.69, 9.17) is 4.74 Å². The normalized spacial score (nSPS) is 14.3. The number of amides is 2. The lowest BCUT2D eigenvalue weighted by Crippen LogP contribution is -2.52. The topological polar surface area (TPSA) is 95.9 Å². The van der Waals surface area contributed by atoms with Crippen LogP contribution in [0.4, 0.5) is 4.79 Å². The van der Waals surface area contributed by atoms with E-state index >= 15 is 0 Å². The van der Waals surface area contributed by atoms with E-state index in [2.05, 4.69) is 17.4 Å². The van der Waals surface area contributed by atoms with Crippen molar-refractivity contribution in [3.63, 3.8) is 0 Å². The molecule has 170 valence electrons. The first-order chi connectivity index (χ1) is 15.2. The fourth-order valence-corrected chi connectivity index (χ4v) is 4.08. The molecule has 0 heterocycles. The molecule has 3 rings (SSSR count). The van der Waals surface area contributed by atoms with E-state index in [9.17, 15) is 19.5 Å². The number of carbonyl (C=O) groups excluding carboxylic acids is 2. The molecule has 32 heavy (non-hydrogen) atoms. The monoisotopic (exact) mass is 438 g/mol. The molecule has 1 aliphatic rings. The number of benzene rings is 2. The fraction of sp³-hybridized carbons (Fsp3) is 0.400. The number of likely N-dealkylation sites (N-methyl/N-ethyl adjacent to an activating group) is 1. The van der Waals surface area contributed by atoms with E-state index in [1.165, 1.54) is 14.0 Å². The molecule has 0 aromatic heterocycles.